The molecule has 0 aliphatic heterocycles. The monoisotopic (exact) mass is 418 g/mol. The molecule has 154 valence electrons. The summed E-state index contributed by atoms with van der Waals surface area (Å²) in [6, 6.07) is 4.03. The van der Waals surface area contributed by atoms with Crippen molar-refractivity contribution < 1.29 is 32.3 Å². The molecule has 1 amide bonds. The number of halogens is 3. The number of aromatic carboxylic acids is 1. The van der Waals surface area contributed by atoms with Crippen LogP contribution in [0.3, 0.4) is 0 Å². The number of nitrogens with one attached hydrogen (secondary N) is 1. The van der Waals surface area contributed by atoms with E-state index in [-0.39, 0.29) is 22.2 Å². The van der Waals surface area contributed by atoms with Gasteiger partial charge in [-0.25, -0.2) is 14.3 Å². The summed E-state index contributed by atoms with van der Waals surface area (Å²) in [6.45, 7) is 0.878. The number of aryl methyl sites for hydroxylation is 1. The van der Waals surface area contributed by atoms with Crippen LogP contribution in [0.15, 0.2) is 41.2 Å². The van der Waals surface area contributed by atoms with Crippen molar-refractivity contribution in [3.63, 3.8) is 0 Å². The van der Waals surface area contributed by atoms with Gasteiger partial charge in [0.2, 0.25) is 0 Å². The van der Waals surface area contributed by atoms with E-state index in [0.29, 0.717) is 5.56 Å². The van der Waals surface area contributed by atoms with Crippen LogP contribution in [0, 0.1) is 6.92 Å². The van der Waals surface area contributed by atoms with E-state index in [1.165, 1.54) is 36.0 Å². The number of fused-ring (bicyclic) bond motifs is 2. The highest BCUT2D eigenvalue weighted by Gasteiger charge is 2.39. The zero-order chi connectivity index (χ0) is 21.6. The van der Waals surface area contributed by atoms with Crippen molar-refractivity contribution in [2.24, 2.45) is 0 Å². The third-order valence-corrected chi connectivity index (χ3v) is 4.45. The Hall–Kier alpha value is -3.89. The molecule has 0 spiro atoms. The largest absolute Gasteiger partial charge is 0.478 e. The van der Waals surface area contributed by atoms with Gasteiger partial charge in [0, 0.05) is 17.8 Å². The fourth-order valence-corrected chi connectivity index (χ4v) is 3.23. The highest BCUT2D eigenvalue weighted by atomic mass is 19.4. The summed E-state index contributed by atoms with van der Waals surface area (Å²) in [4.78, 5) is 28.0. The first-order valence-electron chi connectivity index (χ1n) is 8.60. The fourth-order valence-electron chi connectivity index (χ4n) is 3.23. The molecule has 0 aliphatic carbocycles. The van der Waals surface area contributed by atoms with Gasteiger partial charge in [-0.2, -0.15) is 18.3 Å². The van der Waals surface area contributed by atoms with Crippen molar-refractivity contribution in [2.75, 3.05) is 0 Å². The molecule has 1 aromatic carbocycles. The van der Waals surface area contributed by atoms with Gasteiger partial charge >= 0.3 is 12.1 Å². The number of alkyl halides is 3. The molecular formula is C19H13F3N4O4. The summed E-state index contributed by atoms with van der Waals surface area (Å²) in [5, 5.41) is 15.3. The molecule has 0 unspecified atom stereocenters. The summed E-state index contributed by atoms with van der Waals surface area (Å²) in [6.07, 6.45) is -0.561. The number of carbonyl (C=O) groups is 2. The maximum atomic E-state index is 13.7. The van der Waals surface area contributed by atoms with Crippen LogP contribution in [0.2, 0.25) is 0 Å². The SMILES string of the molecule is Cc1cc(C(=O)O)c2oc(CNC(=O)c3cnn4cccnc34)c(C(F)(F)F)c2c1. The zero-order valence-electron chi connectivity index (χ0n) is 15.3. The molecule has 4 rings (SSSR count). The van der Waals surface area contributed by atoms with Gasteiger partial charge in [-0.05, 0) is 30.7 Å². The standard InChI is InChI=1S/C19H13F3N4O4/c1-9-5-10-14(19(20,21)22)13(30-15(10)11(6-9)18(28)29)8-24-17(27)12-7-25-26-4-2-3-23-16(12)26/h2-7H,8H2,1H3,(H,24,27)(H,28,29). The topological polar surface area (TPSA) is 110 Å². The molecule has 11 heteroatoms. The predicted molar refractivity (Wildman–Crippen MR) is 97.1 cm³/mol. The lowest BCUT2D eigenvalue weighted by molar-refractivity contribution is -0.137. The molecule has 0 bridgehead atoms. The summed E-state index contributed by atoms with van der Waals surface area (Å²) in [5.74, 6) is -2.71. The van der Waals surface area contributed by atoms with E-state index in [0.717, 1.165) is 0 Å². The number of hydrogen-bond acceptors (Lipinski definition) is 5. The second-order valence-corrected chi connectivity index (χ2v) is 6.52. The van der Waals surface area contributed by atoms with Crippen LogP contribution in [-0.2, 0) is 12.7 Å². The number of hydrogen-bond donors (Lipinski definition) is 2. The maximum Gasteiger partial charge on any atom is 0.420 e. The Morgan fingerprint density at radius 2 is 2.03 bits per heavy atom. The highest BCUT2D eigenvalue weighted by Crippen LogP contribution is 2.41. The van der Waals surface area contributed by atoms with Gasteiger partial charge in [-0.1, -0.05) is 0 Å². The van der Waals surface area contributed by atoms with Crippen molar-refractivity contribution >= 4 is 28.5 Å². The van der Waals surface area contributed by atoms with Gasteiger partial charge in [0.05, 0.1) is 12.7 Å². The fraction of sp³-hybridized carbons (Fsp3) is 0.158. The number of nitrogens with zero attached hydrogens (tertiary/aromatic N) is 3. The first-order valence-corrected chi connectivity index (χ1v) is 8.60. The minimum Gasteiger partial charge on any atom is -0.478 e. The lowest BCUT2D eigenvalue weighted by Crippen LogP contribution is -2.24. The molecule has 2 N–H and O–H groups in total. The molecule has 0 fully saturated rings. The smallest absolute Gasteiger partial charge is 0.420 e. The predicted octanol–water partition coefficient (Wildman–Crippen LogP) is 3.43. The van der Waals surface area contributed by atoms with Crippen LogP contribution < -0.4 is 5.32 Å². The Kier molecular flexibility index (Phi) is 4.45. The lowest BCUT2D eigenvalue weighted by atomic mass is 10.0. The van der Waals surface area contributed by atoms with E-state index in [1.807, 2.05) is 0 Å². The molecular weight excluding hydrogens is 405 g/mol. The van der Waals surface area contributed by atoms with Gasteiger partial charge in [-0.15, -0.1) is 0 Å². The maximum absolute atomic E-state index is 13.7. The molecule has 0 atom stereocenters. The Labute approximate surface area is 165 Å². The van der Waals surface area contributed by atoms with Gasteiger partial charge in [0.1, 0.15) is 28.0 Å². The Bertz CT molecular complexity index is 1310. The first kappa shape index (κ1) is 19.4. The van der Waals surface area contributed by atoms with E-state index >= 15 is 0 Å². The first-order chi connectivity index (χ1) is 14.2. The zero-order valence-corrected chi connectivity index (χ0v) is 15.3. The molecule has 3 heterocycles. The van der Waals surface area contributed by atoms with Crippen molar-refractivity contribution in [2.45, 2.75) is 19.6 Å². The number of rotatable bonds is 4. The second kappa shape index (κ2) is 6.87. The van der Waals surface area contributed by atoms with E-state index in [4.69, 9.17) is 4.42 Å². The Morgan fingerprint density at radius 1 is 1.27 bits per heavy atom. The van der Waals surface area contributed by atoms with Crippen molar-refractivity contribution in [3.05, 3.63) is 64.8 Å². The number of carboxylic acids is 1. The molecule has 4 aromatic rings. The normalized spacial score (nSPS) is 11.9. The molecule has 0 saturated heterocycles. The number of aromatic nitrogens is 3. The minimum atomic E-state index is -4.82. The lowest BCUT2D eigenvalue weighted by Gasteiger charge is -2.08. The summed E-state index contributed by atoms with van der Waals surface area (Å²) in [5.41, 5.74) is -1.27. The van der Waals surface area contributed by atoms with Crippen molar-refractivity contribution in [1.29, 1.82) is 0 Å². The molecule has 30 heavy (non-hydrogen) atoms. The van der Waals surface area contributed by atoms with Crippen LogP contribution in [0.4, 0.5) is 13.2 Å². The van der Waals surface area contributed by atoms with Gasteiger partial charge in [0.15, 0.2) is 5.65 Å². The van der Waals surface area contributed by atoms with Crippen LogP contribution in [0.1, 0.15) is 37.6 Å². The number of benzene rings is 1. The van der Waals surface area contributed by atoms with Crippen molar-refractivity contribution in [3.8, 4) is 0 Å². The van der Waals surface area contributed by atoms with Gasteiger partial charge in [0.25, 0.3) is 5.91 Å². The van der Waals surface area contributed by atoms with Crippen LogP contribution in [-0.4, -0.2) is 31.6 Å². The molecule has 0 radical (unpaired) electrons. The Morgan fingerprint density at radius 3 is 2.73 bits per heavy atom. The molecule has 8 nitrogen and oxygen atoms in total. The number of furan rings is 1. The van der Waals surface area contributed by atoms with Crippen LogP contribution in [0.5, 0.6) is 0 Å². The Balaban J connectivity index is 1.74. The number of carbonyl (C=O) groups excluding carboxylic acids is 1. The summed E-state index contributed by atoms with van der Waals surface area (Å²) >= 11 is 0. The van der Waals surface area contributed by atoms with Crippen LogP contribution >= 0.6 is 0 Å². The van der Waals surface area contributed by atoms with Crippen LogP contribution in [0.25, 0.3) is 16.6 Å². The third kappa shape index (κ3) is 3.23. The van der Waals surface area contributed by atoms with E-state index in [1.54, 1.807) is 12.3 Å². The average molecular weight is 418 g/mol. The van der Waals surface area contributed by atoms with E-state index in [9.17, 15) is 27.9 Å². The molecule has 0 saturated carbocycles. The summed E-state index contributed by atoms with van der Waals surface area (Å²) in [7, 11) is 0. The van der Waals surface area contributed by atoms with E-state index in [2.05, 4.69) is 15.4 Å². The van der Waals surface area contributed by atoms with Crippen molar-refractivity contribution in [1.82, 2.24) is 19.9 Å². The highest BCUT2D eigenvalue weighted by molar-refractivity contribution is 6.03. The quantitative estimate of drug-likeness (QED) is 0.526. The number of carboxylic acid groups (broad SMARTS) is 1. The molecule has 0 aliphatic rings. The van der Waals surface area contributed by atoms with Gasteiger partial charge in [-0.3, -0.25) is 4.79 Å². The molecule has 3 aromatic heterocycles. The minimum absolute atomic E-state index is 0.0716. The summed E-state index contributed by atoms with van der Waals surface area (Å²) < 4.78 is 47.8. The third-order valence-electron chi connectivity index (χ3n) is 4.45. The number of amides is 1. The van der Waals surface area contributed by atoms with Gasteiger partial charge < -0.3 is 14.8 Å². The second-order valence-electron chi connectivity index (χ2n) is 6.52. The van der Waals surface area contributed by atoms with E-state index < -0.39 is 41.5 Å². The average Bonchev–Trinajstić information content (AvgIpc) is 3.26.